The van der Waals surface area contributed by atoms with Crippen LogP contribution in [-0.2, 0) is 15.9 Å². The first kappa shape index (κ1) is 12.2. The van der Waals surface area contributed by atoms with Gasteiger partial charge in [-0.05, 0) is 18.4 Å². The van der Waals surface area contributed by atoms with Gasteiger partial charge in [-0.25, -0.2) is 0 Å². The summed E-state index contributed by atoms with van der Waals surface area (Å²) in [4.78, 5) is 0. The van der Waals surface area contributed by atoms with Crippen molar-refractivity contribution in [3.8, 4) is 0 Å². The summed E-state index contributed by atoms with van der Waals surface area (Å²) in [6, 6.07) is 8.04. The van der Waals surface area contributed by atoms with Crippen LogP contribution < -0.4 is 0 Å². The van der Waals surface area contributed by atoms with Gasteiger partial charge in [0.15, 0.2) is 6.29 Å². The third-order valence-corrected chi connectivity index (χ3v) is 2.27. The molecule has 0 aliphatic heterocycles. The molecule has 15 heavy (non-hydrogen) atoms. The summed E-state index contributed by atoms with van der Waals surface area (Å²) in [5.74, 6) is 0. The lowest BCUT2D eigenvalue weighted by Gasteiger charge is -2.14. The molecule has 1 N–H and O–H groups in total. The van der Waals surface area contributed by atoms with Crippen LogP contribution in [0, 0.1) is 0 Å². The van der Waals surface area contributed by atoms with Gasteiger partial charge in [0.2, 0.25) is 0 Å². The molecule has 0 aliphatic carbocycles. The fourth-order valence-corrected chi connectivity index (χ4v) is 1.55. The number of rotatable bonds is 6. The summed E-state index contributed by atoms with van der Waals surface area (Å²) in [6.07, 6.45) is 1.36. The van der Waals surface area contributed by atoms with E-state index < -0.39 is 0 Å². The Bertz CT molecular complexity index is 282. The van der Waals surface area contributed by atoms with Crippen molar-refractivity contribution in [2.24, 2.45) is 0 Å². The Morgan fingerprint density at radius 2 is 2.00 bits per heavy atom. The second kappa shape index (κ2) is 6.56. The van der Waals surface area contributed by atoms with Gasteiger partial charge >= 0.3 is 0 Å². The first-order chi connectivity index (χ1) is 7.31. The van der Waals surface area contributed by atoms with Gasteiger partial charge in [-0.15, -0.1) is 0 Å². The summed E-state index contributed by atoms with van der Waals surface area (Å²) >= 11 is 0. The van der Waals surface area contributed by atoms with Gasteiger partial charge in [0, 0.05) is 26.4 Å². The van der Waals surface area contributed by atoms with Crippen LogP contribution in [0.4, 0.5) is 0 Å². The summed E-state index contributed by atoms with van der Waals surface area (Å²) < 4.78 is 10.3. The zero-order chi connectivity index (χ0) is 11.1. The number of benzene rings is 1. The number of ether oxygens (including phenoxy) is 2. The fraction of sp³-hybridized carbons (Fsp3) is 0.500. The average molecular weight is 210 g/mol. The third kappa shape index (κ3) is 3.63. The van der Waals surface area contributed by atoms with Gasteiger partial charge < -0.3 is 14.6 Å². The van der Waals surface area contributed by atoms with E-state index in [0.29, 0.717) is 0 Å². The second-order valence-corrected chi connectivity index (χ2v) is 3.38. The van der Waals surface area contributed by atoms with Crippen LogP contribution in [0.5, 0.6) is 0 Å². The van der Waals surface area contributed by atoms with Gasteiger partial charge in [0.1, 0.15) is 0 Å². The minimum absolute atomic E-state index is 0.224. The van der Waals surface area contributed by atoms with E-state index in [1.165, 1.54) is 5.56 Å². The van der Waals surface area contributed by atoms with Crippen LogP contribution >= 0.6 is 0 Å². The van der Waals surface area contributed by atoms with Crippen molar-refractivity contribution in [3.63, 3.8) is 0 Å². The zero-order valence-corrected chi connectivity index (χ0v) is 9.27. The van der Waals surface area contributed by atoms with Crippen LogP contribution in [0.2, 0.25) is 0 Å². The van der Waals surface area contributed by atoms with E-state index >= 15 is 0 Å². The Morgan fingerprint density at radius 1 is 1.27 bits per heavy atom. The number of aryl methyl sites for hydroxylation is 1. The minimum Gasteiger partial charge on any atom is -0.396 e. The maximum Gasteiger partial charge on any atom is 0.183 e. The lowest BCUT2D eigenvalue weighted by Crippen LogP contribution is -2.04. The largest absolute Gasteiger partial charge is 0.396 e. The molecule has 3 heteroatoms. The monoisotopic (exact) mass is 210 g/mol. The van der Waals surface area contributed by atoms with Crippen molar-refractivity contribution < 1.29 is 14.6 Å². The summed E-state index contributed by atoms with van der Waals surface area (Å²) in [5, 5.41) is 8.75. The van der Waals surface area contributed by atoms with Gasteiger partial charge in [-0.3, -0.25) is 0 Å². The van der Waals surface area contributed by atoms with E-state index in [1.54, 1.807) is 14.2 Å². The molecule has 0 bridgehead atoms. The number of hydrogen-bond donors (Lipinski definition) is 1. The normalized spacial score (nSPS) is 10.9. The molecular weight excluding hydrogens is 192 g/mol. The summed E-state index contributed by atoms with van der Waals surface area (Å²) in [7, 11) is 3.24. The van der Waals surface area contributed by atoms with Crippen molar-refractivity contribution in [1.82, 2.24) is 0 Å². The van der Waals surface area contributed by atoms with Gasteiger partial charge in [0.05, 0.1) is 0 Å². The van der Waals surface area contributed by atoms with E-state index in [-0.39, 0.29) is 12.9 Å². The maximum absolute atomic E-state index is 8.75. The van der Waals surface area contributed by atoms with Crippen molar-refractivity contribution >= 4 is 0 Å². The Balaban J connectivity index is 2.72. The highest BCUT2D eigenvalue weighted by Gasteiger charge is 2.08. The van der Waals surface area contributed by atoms with Gasteiger partial charge in [-0.1, -0.05) is 24.3 Å². The number of aliphatic hydroxyl groups excluding tert-OH is 1. The first-order valence-corrected chi connectivity index (χ1v) is 5.07. The van der Waals surface area contributed by atoms with Gasteiger partial charge in [0.25, 0.3) is 0 Å². The molecule has 0 saturated heterocycles. The molecule has 84 valence electrons. The minimum atomic E-state index is -0.306. The Kier molecular flexibility index (Phi) is 5.32. The molecule has 0 aliphatic rings. The van der Waals surface area contributed by atoms with E-state index in [1.807, 2.05) is 24.3 Å². The summed E-state index contributed by atoms with van der Waals surface area (Å²) in [5.41, 5.74) is 2.20. The highest BCUT2D eigenvalue weighted by Crippen LogP contribution is 2.18. The highest BCUT2D eigenvalue weighted by atomic mass is 16.7. The van der Waals surface area contributed by atoms with Crippen LogP contribution in [0.25, 0.3) is 0 Å². The number of methoxy groups -OCH3 is 2. The van der Waals surface area contributed by atoms with E-state index in [9.17, 15) is 0 Å². The highest BCUT2D eigenvalue weighted by molar-refractivity contribution is 5.24. The van der Waals surface area contributed by atoms with Crippen LogP contribution in [-0.4, -0.2) is 25.9 Å². The van der Waals surface area contributed by atoms with E-state index in [4.69, 9.17) is 14.6 Å². The molecule has 0 radical (unpaired) electrons. The van der Waals surface area contributed by atoms with Crippen LogP contribution in [0.15, 0.2) is 24.3 Å². The molecule has 0 amide bonds. The molecule has 1 aromatic rings. The SMILES string of the molecule is COC(OC)c1cccc(CCCO)c1. The van der Waals surface area contributed by atoms with Crippen molar-refractivity contribution in [3.05, 3.63) is 35.4 Å². The second-order valence-electron chi connectivity index (χ2n) is 3.38. The molecule has 0 spiro atoms. The van der Waals surface area contributed by atoms with Gasteiger partial charge in [-0.2, -0.15) is 0 Å². The zero-order valence-electron chi connectivity index (χ0n) is 9.27. The Labute approximate surface area is 90.6 Å². The maximum atomic E-state index is 8.75. The third-order valence-electron chi connectivity index (χ3n) is 2.27. The Hall–Kier alpha value is -0.900. The number of aliphatic hydroxyl groups is 1. The summed E-state index contributed by atoms with van der Waals surface area (Å²) in [6.45, 7) is 0.224. The molecule has 0 heterocycles. The molecule has 0 atom stereocenters. The fourth-order valence-electron chi connectivity index (χ4n) is 1.55. The molecule has 0 aromatic heterocycles. The van der Waals surface area contributed by atoms with Crippen LogP contribution in [0.3, 0.4) is 0 Å². The lowest BCUT2D eigenvalue weighted by atomic mass is 10.1. The number of hydrogen-bond acceptors (Lipinski definition) is 3. The predicted octanol–water partition coefficient (Wildman–Crippen LogP) is 1.90. The smallest absolute Gasteiger partial charge is 0.183 e. The molecule has 3 nitrogen and oxygen atoms in total. The Morgan fingerprint density at radius 3 is 2.60 bits per heavy atom. The first-order valence-electron chi connectivity index (χ1n) is 5.07. The van der Waals surface area contributed by atoms with E-state index in [0.717, 1.165) is 18.4 Å². The predicted molar refractivity (Wildman–Crippen MR) is 58.6 cm³/mol. The molecule has 0 fully saturated rings. The van der Waals surface area contributed by atoms with E-state index in [2.05, 4.69) is 0 Å². The van der Waals surface area contributed by atoms with Crippen molar-refractivity contribution in [2.45, 2.75) is 19.1 Å². The molecule has 0 unspecified atom stereocenters. The van der Waals surface area contributed by atoms with Crippen LogP contribution in [0.1, 0.15) is 23.8 Å². The molecular formula is C12H18O3. The van der Waals surface area contributed by atoms with Crippen molar-refractivity contribution in [1.29, 1.82) is 0 Å². The quantitative estimate of drug-likeness (QED) is 0.729. The molecule has 1 rings (SSSR count). The molecule has 0 saturated carbocycles. The average Bonchev–Trinajstić information content (AvgIpc) is 2.29. The topological polar surface area (TPSA) is 38.7 Å². The standard InChI is InChI=1S/C12H18O3/c1-14-12(15-2)11-7-3-5-10(9-11)6-4-8-13/h3,5,7,9,12-13H,4,6,8H2,1-2H3. The van der Waals surface area contributed by atoms with Crippen molar-refractivity contribution in [2.75, 3.05) is 20.8 Å². The lowest BCUT2D eigenvalue weighted by molar-refractivity contribution is -0.106. The molecule has 1 aromatic carbocycles.